The van der Waals surface area contributed by atoms with Gasteiger partial charge in [0.2, 0.25) is 0 Å². The van der Waals surface area contributed by atoms with Crippen molar-refractivity contribution < 1.29 is 9.47 Å². The van der Waals surface area contributed by atoms with Gasteiger partial charge in [-0.3, -0.25) is 14.2 Å². The Labute approximate surface area is 127 Å². The molecule has 0 saturated carbocycles. The van der Waals surface area contributed by atoms with Crippen molar-refractivity contribution in [3.8, 4) is 17.2 Å². The molecule has 0 amide bonds. The van der Waals surface area contributed by atoms with Crippen LogP contribution < -0.4 is 20.6 Å². The largest absolute Gasteiger partial charge is 0.486 e. The van der Waals surface area contributed by atoms with Gasteiger partial charge in [0.15, 0.2) is 11.5 Å². The Hall–Kier alpha value is -2.50. The topological polar surface area (TPSA) is 62.5 Å². The van der Waals surface area contributed by atoms with Gasteiger partial charge in [-0.2, -0.15) is 0 Å². The number of aryl methyl sites for hydroxylation is 1. The van der Waals surface area contributed by atoms with E-state index < -0.39 is 11.1 Å². The minimum Gasteiger partial charge on any atom is -0.486 e. The molecule has 1 aromatic carbocycles. The summed E-state index contributed by atoms with van der Waals surface area (Å²) in [5.74, 6) is 1.24. The van der Waals surface area contributed by atoms with Crippen LogP contribution in [0, 0.1) is 0 Å². The highest BCUT2D eigenvalue weighted by atomic mass is 16.6. The van der Waals surface area contributed by atoms with Crippen LogP contribution in [0.5, 0.6) is 11.5 Å². The third kappa shape index (κ3) is 2.64. The van der Waals surface area contributed by atoms with E-state index >= 15 is 0 Å². The third-order valence-electron chi connectivity index (χ3n) is 3.61. The summed E-state index contributed by atoms with van der Waals surface area (Å²) >= 11 is 0. The van der Waals surface area contributed by atoms with Gasteiger partial charge in [0.05, 0.1) is 5.69 Å². The third-order valence-corrected chi connectivity index (χ3v) is 3.61. The molecule has 2 aromatic rings. The molecular weight excluding hydrogens is 284 g/mol. The van der Waals surface area contributed by atoms with Crippen LogP contribution in [0.15, 0.2) is 40.2 Å². The van der Waals surface area contributed by atoms with E-state index in [0.717, 1.165) is 12.8 Å². The fraction of sp³-hybridized carbons (Fsp3) is 0.375. The summed E-state index contributed by atoms with van der Waals surface area (Å²) in [6.07, 6.45) is 5.10. The first-order chi connectivity index (χ1) is 10.7. The molecule has 6 heteroatoms. The summed E-state index contributed by atoms with van der Waals surface area (Å²) in [7, 11) is 0. The first kappa shape index (κ1) is 14.4. The van der Waals surface area contributed by atoms with Crippen LogP contribution in [0.4, 0.5) is 0 Å². The van der Waals surface area contributed by atoms with Gasteiger partial charge in [-0.05, 0) is 18.6 Å². The minimum absolute atomic E-state index is 0.476. The average molecular weight is 302 g/mol. The lowest BCUT2D eigenvalue weighted by Crippen LogP contribution is -2.40. The van der Waals surface area contributed by atoms with E-state index in [2.05, 4.69) is 0 Å². The Kier molecular flexibility index (Phi) is 4.00. The van der Waals surface area contributed by atoms with E-state index in [4.69, 9.17) is 9.47 Å². The molecular formula is C16H18N2O4. The molecule has 6 nitrogen and oxygen atoms in total. The molecule has 0 aliphatic carbocycles. The number of hydrogen-bond donors (Lipinski definition) is 0. The fourth-order valence-corrected chi connectivity index (χ4v) is 2.40. The number of ether oxygens (including phenoxy) is 2. The Morgan fingerprint density at radius 1 is 1.05 bits per heavy atom. The van der Waals surface area contributed by atoms with Crippen LogP contribution in [0.2, 0.25) is 0 Å². The predicted molar refractivity (Wildman–Crippen MR) is 82.2 cm³/mol. The van der Waals surface area contributed by atoms with Gasteiger partial charge in [0, 0.05) is 25.0 Å². The standard InChI is InChI=1S/C16H18N2O4/c1-2-3-6-17-7-8-18(16(20)15(17)19)12-4-5-13-14(11-12)22-10-9-21-13/h4-5,7-8,11H,2-3,6,9-10H2,1H3. The van der Waals surface area contributed by atoms with Crippen molar-refractivity contribution in [1.29, 1.82) is 0 Å². The molecule has 0 saturated heterocycles. The first-order valence-corrected chi connectivity index (χ1v) is 7.43. The van der Waals surface area contributed by atoms with Gasteiger partial charge >= 0.3 is 11.1 Å². The molecule has 0 bridgehead atoms. The van der Waals surface area contributed by atoms with Crippen molar-refractivity contribution >= 4 is 0 Å². The van der Waals surface area contributed by atoms with Crippen molar-refractivity contribution in [1.82, 2.24) is 9.13 Å². The summed E-state index contributed by atoms with van der Waals surface area (Å²) in [4.78, 5) is 24.4. The number of hydrogen-bond acceptors (Lipinski definition) is 4. The lowest BCUT2D eigenvalue weighted by Gasteiger charge is -2.19. The lowest BCUT2D eigenvalue weighted by molar-refractivity contribution is 0.171. The second-order valence-electron chi connectivity index (χ2n) is 5.15. The van der Waals surface area contributed by atoms with Crippen molar-refractivity contribution in [2.45, 2.75) is 26.3 Å². The highest BCUT2D eigenvalue weighted by Crippen LogP contribution is 2.31. The maximum atomic E-state index is 12.3. The molecule has 0 N–H and O–H groups in total. The van der Waals surface area contributed by atoms with Crippen molar-refractivity contribution in [2.24, 2.45) is 0 Å². The second-order valence-corrected chi connectivity index (χ2v) is 5.15. The van der Waals surface area contributed by atoms with E-state index in [0.29, 0.717) is 36.9 Å². The quantitative estimate of drug-likeness (QED) is 0.804. The van der Waals surface area contributed by atoms with Gasteiger partial charge in [0.25, 0.3) is 0 Å². The highest BCUT2D eigenvalue weighted by Gasteiger charge is 2.14. The van der Waals surface area contributed by atoms with Crippen molar-refractivity contribution in [3.63, 3.8) is 0 Å². The van der Waals surface area contributed by atoms with Gasteiger partial charge in [-0.15, -0.1) is 0 Å². The molecule has 0 unspecified atom stereocenters. The maximum Gasteiger partial charge on any atom is 0.320 e. The highest BCUT2D eigenvalue weighted by molar-refractivity contribution is 5.49. The van der Waals surface area contributed by atoms with E-state index in [9.17, 15) is 9.59 Å². The summed E-state index contributed by atoms with van der Waals surface area (Å²) in [6, 6.07) is 5.20. The Balaban J connectivity index is 2.00. The molecule has 1 aromatic heterocycles. The number of benzene rings is 1. The van der Waals surface area contributed by atoms with Crippen LogP contribution in [0.3, 0.4) is 0 Å². The first-order valence-electron chi connectivity index (χ1n) is 7.43. The molecule has 3 rings (SSSR count). The smallest absolute Gasteiger partial charge is 0.320 e. The number of aromatic nitrogens is 2. The summed E-state index contributed by atoms with van der Waals surface area (Å²) < 4.78 is 13.8. The predicted octanol–water partition coefficient (Wildman–Crippen LogP) is 1.57. The zero-order valence-corrected chi connectivity index (χ0v) is 12.4. The molecule has 1 aliphatic heterocycles. The van der Waals surface area contributed by atoms with Crippen LogP contribution in [-0.4, -0.2) is 22.3 Å². The SMILES string of the molecule is CCCCn1ccn(-c2ccc3c(c2)OCCO3)c(=O)c1=O. The van der Waals surface area contributed by atoms with E-state index in [1.807, 2.05) is 6.92 Å². The lowest BCUT2D eigenvalue weighted by atomic mass is 10.2. The van der Waals surface area contributed by atoms with E-state index in [-0.39, 0.29) is 0 Å². The molecule has 22 heavy (non-hydrogen) atoms. The molecule has 116 valence electrons. The summed E-state index contributed by atoms with van der Waals surface area (Å²) in [5, 5.41) is 0. The van der Waals surface area contributed by atoms with Crippen LogP contribution in [0.1, 0.15) is 19.8 Å². The van der Waals surface area contributed by atoms with Crippen molar-refractivity contribution in [3.05, 3.63) is 51.3 Å². The van der Waals surface area contributed by atoms with Gasteiger partial charge in [0.1, 0.15) is 13.2 Å². The van der Waals surface area contributed by atoms with Crippen LogP contribution in [0.25, 0.3) is 5.69 Å². The zero-order chi connectivity index (χ0) is 15.5. The van der Waals surface area contributed by atoms with Gasteiger partial charge in [-0.1, -0.05) is 13.3 Å². The van der Waals surface area contributed by atoms with E-state index in [1.165, 1.54) is 9.13 Å². The maximum absolute atomic E-state index is 12.3. The van der Waals surface area contributed by atoms with Crippen LogP contribution in [-0.2, 0) is 6.54 Å². The fourth-order valence-electron chi connectivity index (χ4n) is 2.40. The molecule has 1 aliphatic rings. The van der Waals surface area contributed by atoms with Gasteiger partial charge in [-0.25, -0.2) is 0 Å². The normalized spacial score (nSPS) is 13.1. The Bertz CT molecular complexity index is 791. The number of rotatable bonds is 4. The van der Waals surface area contributed by atoms with Gasteiger partial charge < -0.3 is 14.0 Å². The van der Waals surface area contributed by atoms with Crippen LogP contribution >= 0.6 is 0 Å². The number of fused-ring (bicyclic) bond motifs is 1. The molecule has 0 radical (unpaired) electrons. The van der Waals surface area contributed by atoms with E-state index in [1.54, 1.807) is 30.6 Å². The monoisotopic (exact) mass is 302 g/mol. The summed E-state index contributed by atoms with van der Waals surface area (Å²) in [6.45, 7) is 3.59. The minimum atomic E-state index is -0.560. The zero-order valence-electron chi connectivity index (χ0n) is 12.4. The van der Waals surface area contributed by atoms with Crippen molar-refractivity contribution in [2.75, 3.05) is 13.2 Å². The molecule has 0 atom stereocenters. The second kappa shape index (κ2) is 6.09. The average Bonchev–Trinajstić information content (AvgIpc) is 2.56. The molecule has 0 fully saturated rings. The Morgan fingerprint density at radius 3 is 2.59 bits per heavy atom. The number of nitrogens with zero attached hydrogens (tertiary/aromatic N) is 2. The Morgan fingerprint density at radius 2 is 1.82 bits per heavy atom. The summed E-state index contributed by atoms with van der Waals surface area (Å²) in [5.41, 5.74) is -0.477. The number of unbranched alkanes of at least 4 members (excludes halogenated alkanes) is 1. The molecule has 0 spiro atoms. The molecule has 2 heterocycles.